The van der Waals surface area contributed by atoms with Gasteiger partial charge in [0, 0.05) is 61.7 Å². The van der Waals surface area contributed by atoms with E-state index in [0.717, 1.165) is 11.3 Å². The van der Waals surface area contributed by atoms with Crippen molar-refractivity contribution in [2.24, 2.45) is 5.92 Å². The summed E-state index contributed by atoms with van der Waals surface area (Å²) in [7, 11) is 1.77. The van der Waals surface area contributed by atoms with Crippen molar-refractivity contribution in [1.82, 2.24) is 39.0 Å². The molecule has 280 valence electrons. The largest absolute Gasteiger partial charge is 0.488 e. The average Bonchev–Trinajstić information content (AvgIpc) is 3.98. The van der Waals surface area contributed by atoms with Crippen LogP contribution in [0.1, 0.15) is 26.3 Å². The summed E-state index contributed by atoms with van der Waals surface area (Å²) in [6.45, 7) is 1.11. The first-order chi connectivity index (χ1) is 26.8. The van der Waals surface area contributed by atoms with Gasteiger partial charge in [0.25, 0.3) is 11.8 Å². The zero-order chi connectivity index (χ0) is 37.4. The highest BCUT2D eigenvalue weighted by Gasteiger charge is 2.39. The zero-order valence-electron chi connectivity index (χ0n) is 29.5. The summed E-state index contributed by atoms with van der Waals surface area (Å²) in [4.78, 5) is 40.4. The molecular formula is C37H36N12O6. The van der Waals surface area contributed by atoms with Gasteiger partial charge in [-0.15, -0.1) is 0 Å². The Hall–Kier alpha value is -6.66. The Bertz CT molecular complexity index is 2520. The SMILES string of the molecule is CNc1cc2nc3c(cnn13)C(=O)N1C[C@@H](O)[C@H](C1)Oc1cc(CNc3cc4nc5c(cnn35)C(=O)N3C[C@@H](CO)[C@H](C3)Oc3cccc(c3)N4)cc(c1)N2. The number of aliphatic hydroxyl groups is 2. The molecule has 8 heterocycles. The van der Waals surface area contributed by atoms with E-state index in [-0.39, 0.29) is 43.5 Å². The Labute approximate surface area is 312 Å². The van der Waals surface area contributed by atoms with Crippen LogP contribution in [-0.2, 0) is 6.54 Å². The van der Waals surface area contributed by atoms with Gasteiger partial charge in [-0.25, -0.2) is 9.97 Å². The van der Waals surface area contributed by atoms with E-state index in [1.54, 1.807) is 31.9 Å². The van der Waals surface area contributed by atoms with E-state index in [2.05, 4.69) is 31.5 Å². The van der Waals surface area contributed by atoms with E-state index in [4.69, 9.17) is 19.4 Å². The van der Waals surface area contributed by atoms with E-state index in [0.29, 0.717) is 82.5 Å². The van der Waals surface area contributed by atoms with Crippen molar-refractivity contribution < 1.29 is 29.3 Å². The molecule has 18 heteroatoms. The summed E-state index contributed by atoms with van der Waals surface area (Å²) in [6.07, 6.45) is 1.06. The van der Waals surface area contributed by atoms with Gasteiger partial charge in [0.15, 0.2) is 11.3 Å². The molecular weight excluding hydrogens is 708 g/mol. The van der Waals surface area contributed by atoms with Crippen LogP contribution in [0.4, 0.5) is 34.6 Å². The van der Waals surface area contributed by atoms with Gasteiger partial charge in [-0.3, -0.25) is 9.59 Å². The fourth-order valence-corrected chi connectivity index (χ4v) is 7.74. The van der Waals surface area contributed by atoms with Crippen molar-refractivity contribution in [3.63, 3.8) is 0 Å². The first kappa shape index (κ1) is 32.9. The lowest BCUT2D eigenvalue weighted by molar-refractivity contribution is 0.0729. The first-order valence-electron chi connectivity index (χ1n) is 18.0. The van der Waals surface area contributed by atoms with Crippen molar-refractivity contribution >= 4 is 57.8 Å². The van der Waals surface area contributed by atoms with Crippen LogP contribution >= 0.6 is 0 Å². The third-order valence-electron chi connectivity index (χ3n) is 10.5. The van der Waals surface area contributed by atoms with Crippen LogP contribution < -0.4 is 30.7 Å². The summed E-state index contributed by atoms with van der Waals surface area (Å²) in [5.74, 6) is 2.46. The molecule has 0 radical (unpaired) electrons. The van der Waals surface area contributed by atoms with Gasteiger partial charge < -0.3 is 50.8 Å². The number of aliphatic hydroxyl groups excluding tert-OH is 2. The number of carbonyl (C=O) groups excluding carboxylic acids is 2. The van der Waals surface area contributed by atoms with E-state index in [9.17, 15) is 19.8 Å². The summed E-state index contributed by atoms with van der Waals surface area (Å²) in [5, 5.41) is 43.4. The lowest BCUT2D eigenvalue weighted by Crippen LogP contribution is -2.31. The number of ether oxygens (including phenoxy) is 2. The quantitative estimate of drug-likeness (QED) is 0.150. The molecule has 2 aromatic carbocycles. The predicted molar refractivity (Wildman–Crippen MR) is 200 cm³/mol. The molecule has 0 spiro atoms. The van der Waals surface area contributed by atoms with Crippen molar-refractivity contribution in [1.29, 1.82) is 0 Å². The molecule has 4 aliphatic rings. The van der Waals surface area contributed by atoms with Gasteiger partial charge in [0.1, 0.15) is 64.2 Å². The van der Waals surface area contributed by atoms with Crippen molar-refractivity contribution in [2.45, 2.75) is 24.9 Å². The van der Waals surface area contributed by atoms with Crippen LogP contribution in [0.3, 0.4) is 0 Å². The fraction of sp³-hybridized carbons (Fsp3) is 0.297. The van der Waals surface area contributed by atoms with Gasteiger partial charge in [0.2, 0.25) is 0 Å². The van der Waals surface area contributed by atoms with E-state index in [1.807, 2.05) is 48.5 Å². The lowest BCUT2D eigenvalue weighted by atomic mass is 10.1. The van der Waals surface area contributed by atoms with E-state index >= 15 is 0 Å². The molecule has 6 N–H and O–H groups in total. The minimum absolute atomic E-state index is 0.103. The molecule has 4 atom stereocenters. The minimum Gasteiger partial charge on any atom is -0.488 e. The van der Waals surface area contributed by atoms with Gasteiger partial charge in [0.05, 0.1) is 38.6 Å². The summed E-state index contributed by atoms with van der Waals surface area (Å²) < 4.78 is 15.8. The number of aromatic nitrogens is 6. The molecule has 55 heavy (non-hydrogen) atoms. The second kappa shape index (κ2) is 12.7. The second-order valence-electron chi connectivity index (χ2n) is 14.1. The van der Waals surface area contributed by atoms with Crippen LogP contribution in [0.2, 0.25) is 0 Å². The molecule has 0 saturated carbocycles. The number of hydrogen-bond donors (Lipinski definition) is 6. The normalized spacial score (nSPS) is 21.4. The topological polar surface area (TPSA) is 208 Å². The molecule has 2 amide bonds. The Morgan fingerprint density at radius 2 is 1.44 bits per heavy atom. The number of hydrogen-bond acceptors (Lipinski definition) is 14. The molecule has 2 fully saturated rings. The molecule has 6 aromatic rings. The lowest BCUT2D eigenvalue weighted by Gasteiger charge is -2.19. The standard InChI is InChI=1S/C37H36N12O6/c1-38-32-9-30-43-22-5-19(6-24(8-22)55-29-17-47(15-27(29)51)37(53)25-12-40-48(32)34(25)44-30)11-39-33-10-31-42-21-3-2-4-23(7-21)54-28-16-46(14-20(28)18-50)36(52)26-13-41-49(33)35(26)45-31/h2-10,12-13,20,27-29,38-39,50-51H,11,14-18H2,1H3,(H,42,45)(H,43,44)/t20-,27+,28-,29-/m0/s1. The number of fused-ring (bicyclic) bond motifs is 10. The third kappa shape index (κ3) is 5.73. The molecule has 0 unspecified atom stereocenters. The van der Waals surface area contributed by atoms with Crippen molar-refractivity contribution in [3.05, 3.63) is 83.7 Å². The zero-order valence-corrected chi connectivity index (χ0v) is 29.5. The summed E-state index contributed by atoms with van der Waals surface area (Å²) in [5.41, 5.74) is 3.58. The minimum atomic E-state index is -0.908. The van der Waals surface area contributed by atoms with Crippen molar-refractivity contribution in [2.75, 3.05) is 61.1 Å². The number of carbonyl (C=O) groups is 2. The van der Waals surface area contributed by atoms with Crippen LogP contribution in [0, 0.1) is 5.92 Å². The number of anilines is 6. The highest BCUT2D eigenvalue weighted by Crippen LogP contribution is 2.33. The first-order valence-corrected chi connectivity index (χ1v) is 18.0. The van der Waals surface area contributed by atoms with E-state index < -0.39 is 12.2 Å². The Kier molecular flexibility index (Phi) is 7.63. The van der Waals surface area contributed by atoms with E-state index in [1.165, 1.54) is 12.4 Å². The maximum atomic E-state index is 13.9. The van der Waals surface area contributed by atoms with Gasteiger partial charge >= 0.3 is 0 Å². The van der Waals surface area contributed by atoms with Gasteiger partial charge in [-0.05, 0) is 29.8 Å². The molecule has 18 nitrogen and oxygen atoms in total. The molecule has 4 aliphatic heterocycles. The molecule has 10 rings (SSSR count). The number of rotatable bonds is 5. The number of nitrogens with zero attached hydrogens (tertiary/aromatic N) is 8. The Morgan fingerprint density at radius 1 is 0.782 bits per heavy atom. The smallest absolute Gasteiger partial charge is 0.259 e. The number of amides is 2. The molecule has 4 aromatic heterocycles. The van der Waals surface area contributed by atoms with Crippen molar-refractivity contribution in [3.8, 4) is 11.5 Å². The van der Waals surface area contributed by atoms with Crippen LogP contribution in [-0.4, -0.2) is 119 Å². The highest BCUT2D eigenvalue weighted by molar-refractivity contribution is 6.01. The van der Waals surface area contributed by atoms with Crippen LogP contribution in [0.15, 0.2) is 67.0 Å². The van der Waals surface area contributed by atoms with Gasteiger partial charge in [-0.2, -0.15) is 19.2 Å². The number of nitrogens with one attached hydrogen (secondary N) is 4. The second-order valence-corrected chi connectivity index (χ2v) is 14.1. The molecule has 0 aliphatic carbocycles. The fourth-order valence-electron chi connectivity index (χ4n) is 7.74. The Morgan fingerprint density at radius 3 is 2.18 bits per heavy atom. The monoisotopic (exact) mass is 744 g/mol. The third-order valence-corrected chi connectivity index (χ3v) is 10.5. The number of benzene rings is 2. The molecule has 12 bridgehead atoms. The summed E-state index contributed by atoms with van der Waals surface area (Å²) >= 11 is 0. The highest BCUT2D eigenvalue weighted by atomic mass is 16.5. The predicted octanol–water partition coefficient (Wildman–Crippen LogP) is 2.32. The summed E-state index contributed by atoms with van der Waals surface area (Å²) in [6, 6.07) is 16.7. The van der Waals surface area contributed by atoms with Crippen LogP contribution in [0.25, 0.3) is 11.3 Å². The molecule has 2 saturated heterocycles. The maximum Gasteiger partial charge on any atom is 0.259 e. The average molecular weight is 745 g/mol. The Balaban J connectivity index is 1.02. The van der Waals surface area contributed by atoms with Crippen LogP contribution in [0.5, 0.6) is 11.5 Å². The maximum absolute atomic E-state index is 13.9. The van der Waals surface area contributed by atoms with Gasteiger partial charge in [-0.1, -0.05) is 6.07 Å².